The first-order valence-electron chi connectivity index (χ1n) is 10.3. The number of imide groups is 1. The van der Waals surface area contributed by atoms with Crippen LogP contribution in [-0.2, 0) is 18.2 Å². The Bertz CT molecular complexity index is 1270. The summed E-state index contributed by atoms with van der Waals surface area (Å²) in [5, 5.41) is 1.26. The minimum absolute atomic E-state index is 0.259. The number of nitrogens with zero attached hydrogens (tertiary/aromatic N) is 1. The second-order valence-electron chi connectivity index (χ2n) is 8.43. The predicted molar refractivity (Wildman–Crippen MR) is 130 cm³/mol. The largest absolute Gasteiger partial charge is 0.272 e. The van der Waals surface area contributed by atoms with Crippen molar-refractivity contribution in [3.05, 3.63) is 106 Å². The molecule has 0 spiro atoms. The smallest absolute Gasteiger partial charge is 0.270 e. The highest BCUT2D eigenvalue weighted by Crippen LogP contribution is 2.70. The van der Waals surface area contributed by atoms with E-state index in [1.54, 1.807) is 18.2 Å². The first-order valence-corrected chi connectivity index (χ1v) is 12.3. The molecule has 3 aromatic carbocycles. The molecule has 164 valence electrons. The minimum Gasteiger partial charge on any atom is -0.272 e. The van der Waals surface area contributed by atoms with Crippen molar-refractivity contribution < 1.29 is 14.4 Å². The zero-order chi connectivity index (χ0) is 23.1. The van der Waals surface area contributed by atoms with Crippen LogP contribution in [0.2, 0.25) is 5.02 Å². The normalized spacial score (nSPS) is 28.9. The van der Waals surface area contributed by atoms with Gasteiger partial charge in [0.2, 0.25) is 0 Å². The van der Waals surface area contributed by atoms with Crippen LogP contribution in [0.5, 0.6) is 0 Å². The Labute approximate surface area is 211 Å². The second kappa shape index (κ2) is 7.01. The molecule has 3 aliphatic carbocycles. The Morgan fingerprint density at radius 2 is 1.24 bits per heavy atom. The fourth-order valence-electron chi connectivity index (χ4n) is 5.57. The summed E-state index contributed by atoms with van der Waals surface area (Å²) >= 11 is 13.9. The molecule has 8 heteroatoms. The summed E-state index contributed by atoms with van der Waals surface area (Å²) in [5.41, 5.74) is 6.53. The van der Waals surface area contributed by atoms with E-state index in [4.69, 9.17) is 11.6 Å². The van der Waals surface area contributed by atoms with Crippen LogP contribution in [0.1, 0.15) is 32.6 Å². The van der Waals surface area contributed by atoms with Gasteiger partial charge in [0.1, 0.15) is 0 Å². The van der Waals surface area contributed by atoms with Gasteiger partial charge in [0.25, 0.3) is 17.7 Å². The number of carbonyl (C=O) groups is 3. The summed E-state index contributed by atoms with van der Waals surface area (Å²) in [7, 11) is 0. The van der Waals surface area contributed by atoms with Crippen molar-refractivity contribution in [1.82, 2.24) is 10.4 Å². The second-order valence-corrected chi connectivity index (χ2v) is 11.4. The van der Waals surface area contributed by atoms with E-state index in [1.807, 2.05) is 48.5 Å². The number of hydrogen-bond donors (Lipinski definition) is 1. The molecule has 7 rings (SSSR count). The molecule has 1 heterocycles. The number of rotatable bonds is 2. The van der Waals surface area contributed by atoms with Crippen molar-refractivity contribution in [2.24, 2.45) is 11.8 Å². The molecular formula is C25H15Br2ClN2O3. The number of hydrogen-bond acceptors (Lipinski definition) is 3. The molecule has 5 nitrogen and oxygen atoms in total. The van der Waals surface area contributed by atoms with Gasteiger partial charge in [-0.25, -0.2) is 0 Å². The lowest BCUT2D eigenvalue weighted by atomic mass is 9.54. The first kappa shape index (κ1) is 21.1. The number of halogens is 3. The van der Waals surface area contributed by atoms with Gasteiger partial charge in [0.15, 0.2) is 0 Å². The summed E-state index contributed by atoms with van der Waals surface area (Å²) in [6.07, 6.45) is 0. The SMILES string of the molecule is O=C(NN1C(=O)[C@@H]2[C@@H](C1=O)C1(Br)c3ccccc3C2(Br)c2ccccc21)c1cccc(Cl)c1. The van der Waals surface area contributed by atoms with E-state index in [0.29, 0.717) is 5.02 Å². The summed E-state index contributed by atoms with van der Waals surface area (Å²) in [6, 6.07) is 22.0. The van der Waals surface area contributed by atoms with Crippen LogP contribution in [0.25, 0.3) is 0 Å². The topological polar surface area (TPSA) is 66.5 Å². The molecule has 0 radical (unpaired) electrons. The fourth-order valence-corrected chi connectivity index (χ4v) is 8.07. The van der Waals surface area contributed by atoms with Gasteiger partial charge in [-0.15, -0.1) is 0 Å². The number of carbonyl (C=O) groups excluding carboxylic acids is 3. The van der Waals surface area contributed by atoms with Gasteiger partial charge in [-0.3, -0.25) is 19.8 Å². The molecule has 3 aromatic rings. The Kier molecular flexibility index (Phi) is 4.48. The molecule has 1 aliphatic heterocycles. The molecule has 1 saturated heterocycles. The standard InChI is InChI=1S/C25H15Br2ClN2O3/c26-24-15-8-1-2-9-16(15)25(27,18-11-4-3-10-17(18)24)20-19(24)22(32)30(23(20)33)29-21(31)13-6-5-7-14(28)12-13/h1-12,19-20H,(H,29,31)/t19-,20-,24?,25?/m0/s1. The van der Waals surface area contributed by atoms with E-state index in [1.165, 1.54) is 6.07 Å². The van der Waals surface area contributed by atoms with Crippen LogP contribution in [-0.4, -0.2) is 22.7 Å². The summed E-state index contributed by atoms with van der Waals surface area (Å²) < 4.78 is -1.80. The monoisotopic (exact) mass is 584 g/mol. The minimum atomic E-state index is -0.900. The molecular weight excluding hydrogens is 572 g/mol. The molecule has 0 saturated carbocycles. The Hall–Kier alpha value is -2.48. The van der Waals surface area contributed by atoms with Crippen LogP contribution < -0.4 is 5.43 Å². The molecule has 0 unspecified atom stereocenters. The summed E-state index contributed by atoms with van der Waals surface area (Å²) in [4.78, 5) is 40.4. The quantitative estimate of drug-likeness (QED) is 0.344. The van der Waals surface area contributed by atoms with Gasteiger partial charge >= 0.3 is 0 Å². The number of nitrogens with one attached hydrogen (secondary N) is 1. The van der Waals surface area contributed by atoms with Crippen LogP contribution in [0, 0.1) is 11.8 Å². The maximum atomic E-state index is 13.8. The van der Waals surface area contributed by atoms with Gasteiger partial charge in [-0.1, -0.05) is 98.1 Å². The zero-order valence-electron chi connectivity index (χ0n) is 16.9. The van der Waals surface area contributed by atoms with Crippen molar-refractivity contribution in [2.75, 3.05) is 0 Å². The van der Waals surface area contributed by atoms with E-state index >= 15 is 0 Å². The van der Waals surface area contributed by atoms with E-state index in [2.05, 4.69) is 37.3 Å². The first-order chi connectivity index (χ1) is 15.8. The van der Waals surface area contributed by atoms with Crippen LogP contribution in [0.15, 0.2) is 72.8 Å². The predicted octanol–water partition coefficient (Wildman–Crippen LogP) is 4.89. The molecule has 3 amide bonds. The maximum absolute atomic E-state index is 13.8. The molecule has 33 heavy (non-hydrogen) atoms. The van der Waals surface area contributed by atoms with Gasteiger partial charge < -0.3 is 0 Å². The average Bonchev–Trinajstić information content (AvgIpc) is 3.08. The summed E-state index contributed by atoms with van der Waals surface area (Å²) in [6.45, 7) is 0. The molecule has 0 aromatic heterocycles. The van der Waals surface area contributed by atoms with E-state index in [0.717, 1.165) is 27.3 Å². The lowest BCUT2D eigenvalue weighted by molar-refractivity contribution is -0.142. The Morgan fingerprint density at radius 1 is 0.788 bits per heavy atom. The van der Waals surface area contributed by atoms with Crippen LogP contribution in [0.4, 0.5) is 0 Å². The number of amides is 3. The van der Waals surface area contributed by atoms with Crippen molar-refractivity contribution in [3.8, 4) is 0 Å². The fraction of sp³-hybridized carbons (Fsp3) is 0.160. The zero-order valence-corrected chi connectivity index (χ0v) is 20.8. The van der Waals surface area contributed by atoms with Gasteiger partial charge in [-0.2, -0.15) is 5.01 Å². The molecule has 1 N–H and O–H groups in total. The van der Waals surface area contributed by atoms with E-state index in [-0.39, 0.29) is 5.56 Å². The van der Waals surface area contributed by atoms with E-state index in [9.17, 15) is 14.4 Å². The highest BCUT2D eigenvalue weighted by Gasteiger charge is 2.72. The molecule has 2 atom stereocenters. The third kappa shape index (κ3) is 2.56. The highest BCUT2D eigenvalue weighted by molar-refractivity contribution is 9.10. The van der Waals surface area contributed by atoms with Crippen molar-refractivity contribution in [3.63, 3.8) is 0 Å². The Morgan fingerprint density at radius 3 is 1.67 bits per heavy atom. The average molecular weight is 587 g/mol. The van der Waals surface area contributed by atoms with Gasteiger partial charge in [0.05, 0.1) is 20.5 Å². The molecule has 1 fully saturated rings. The van der Waals surface area contributed by atoms with Crippen molar-refractivity contribution >= 4 is 61.2 Å². The number of alkyl halides is 2. The highest BCUT2D eigenvalue weighted by atomic mass is 79.9. The van der Waals surface area contributed by atoms with Gasteiger partial charge in [-0.05, 0) is 40.5 Å². The lowest BCUT2D eigenvalue weighted by Gasteiger charge is -2.55. The third-order valence-corrected chi connectivity index (χ3v) is 9.82. The van der Waals surface area contributed by atoms with Crippen LogP contribution in [0.3, 0.4) is 0 Å². The molecule has 2 bridgehead atoms. The molecule has 4 aliphatic rings. The maximum Gasteiger partial charge on any atom is 0.270 e. The lowest BCUT2D eigenvalue weighted by Crippen LogP contribution is -2.56. The third-order valence-electron chi connectivity index (χ3n) is 6.89. The number of benzene rings is 3. The van der Waals surface area contributed by atoms with Crippen molar-refractivity contribution in [1.29, 1.82) is 0 Å². The van der Waals surface area contributed by atoms with Gasteiger partial charge in [0, 0.05) is 10.6 Å². The number of hydrazine groups is 1. The Balaban J connectivity index is 1.50. The summed E-state index contributed by atoms with van der Waals surface area (Å²) in [5.74, 6) is -2.97. The van der Waals surface area contributed by atoms with Crippen LogP contribution >= 0.6 is 43.5 Å². The van der Waals surface area contributed by atoms with E-state index < -0.39 is 38.2 Å². The van der Waals surface area contributed by atoms with Crippen molar-refractivity contribution in [2.45, 2.75) is 8.65 Å².